The molecule has 0 N–H and O–H groups in total. The van der Waals surface area contributed by atoms with E-state index in [2.05, 4.69) is 24.6 Å². The molecule has 17 heteroatoms. The summed E-state index contributed by atoms with van der Waals surface area (Å²) in [5.74, 6) is -1.12. The Morgan fingerprint density at radius 2 is 1.10 bits per heavy atom. The van der Waals surface area contributed by atoms with Crippen molar-refractivity contribution in [3.05, 3.63) is 108 Å². The molecule has 79 heavy (non-hydrogen) atoms. The minimum Gasteiger partial charge on any atom is -0.461 e. The van der Waals surface area contributed by atoms with Gasteiger partial charge >= 0.3 is 12.0 Å². The summed E-state index contributed by atoms with van der Waals surface area (Å²) in [4.78, 5) is 38.3. The second kappa shape index (κ2) is 20.7. The number of hydrogen-bond donors (Lipinski definition) is 0. The van der Waals surface area contributed by atoms with Crippen molar-refractivity contribution in [3.63, 3.8) is 0 Å². The molecule has 14 rings (SSSR count). The lowest BCUT2D eigenvalue weighted by molar-refractivity contribution is 0.0849. The van der Waals surface area contributed by atoms with Crippen LogP contribution in [0.25, 0.3) is 65.9 Å². The van der Waals surface area contributed by atoms with Gasteiger partial charge in [-0.25, -0.2) is 17.6 Å². The predicted octanol–water partition coefficient (Wildman–Crippen LogP) is 12.3. The third-order valence-corrected chi connectivity index (χ3v) is 18.4. The lowest BCUT2D eigenvalue weighted by atomic mass is 9.92. The second-order valence-corrected chi connectivity index (χ2v) is 22.8. The molecule has 2 atom stereocenters. The first kappa shape index (κ1) is 50.4. The van der Waals surface area contributed by atoms with Crippen molar-refractivity contribution >= 4 is 55.0 Å². The quantitative estimate of drug-likeness (QED) is 0.114. The Balaban J connectivity index is 0.795. The lowest BCUT2D eigenvalue weighted by Crippen LogP contribution is -2.44. The molecule has 0 aliphatic carbocycles. The monoisotopic (exact) mass is 1070 g/mol. The van der Waals surface area contributed by atoms with Crippen LogP contribution >= 0.6 is 0 Å². The van der Waals surface area contributed by atoms with Gasteiger partial charge in [0.25, 0.3) is 0 Å². The average Bonchev–Trinajstić information content (AvgIpc) is 4.43. The molecule has 6 fully saturated rings. The zero-order valence-corrected chi connectivity index (χ0v) is 44.5. The number of rotatable bonds is 11. The molecular formula is C62H64F4N10O3. The zero-order valence-electron chi connectivity index (χ0n) is 44.5. The molecule has 6 saturated heterocycles. The SMILES string of the molecule is Fc1c(-c2cccc3cccc(F)c23)ncc2c(N3CCCCCCC3)nc(OCC34CCCN3C(c3ccc(F)c5c(-c6ncc7c(N8CCCOCC8)nc(OCC89CCCN8CCC9)nc7c6F)cccc35)CC4)nc12. The van der Waals surface area contributed by atoms with Gasteiger partial charge in [0.05, 0.1) is 28.5 Å². The number of ether oxygens (including phenoxy) is 3. The smallest absolute Gasteiger partial charge is 0.319 e. The maximum absolute atomic E-state index is 17.6. The molecule has 0 spiro atoms. The highest BCUT2D eigenvalue weighted by Crippen LogP contribution is 2.51. The highest BCUT2D eigenvalue weighted by molar-refractivity contribution is 6.02. The molecule has 6 aliphatic rings. The maximum Gasteiger partial charge on any atom is 0.319 e. The molecule has 4 aromatic heterocycles. The molecule has 2 unspecified atom stereocenters. The van der Waals surface area contributed by atoms with Gasteiger partial charge in [0.1, 0.15) is 58.9 Å². The van der Waals surface area contributed by atoms with E-state index >= 15 is 17.6 Å². The van der Waals surface area contributed by atoms with E-state index in [1.54, 1.807) is 48.8 Å². The molecule has 10 heterocycles. The Bertz CT molecular complexity index is 3630. The number of aromatic nitrogens is 6. The summed E-state index contributed by atoms with van der Waals surface area (Å²) < 4.78 is 86.1. The molecule has 8 aromatic rings. The van der Waals surface area contributed by atoms with Crippen molar-refractivity contribution in [3.8, 4) is 34.5 Å². The van der Waals surface area contributed by atoms with Gasteiger partial charge in [-0.2, -0.15) is 19.9 Å². The van der Waals surface area contributed by atoms with Gasteiger partial charge < -0.3 is 24.0 Å². The summed E-state index contributed by atoms with van der Waals surface area (Å²) in [5.41, 5.74) is 1.31. The van der Waals surface area contributed by atoms with Crippen LogP contribution in [0.5, 0.6) is 12.0 Å². The molecule has 408 valence electrons. The van der Waals surface area contributed by atoms with E-state index in [-0.39, 0.29) is 52.6 Å². The van der Waals surface area contributed by atoms with Crippen LogP contribution in [0, 0.1) is 23.3 Å². The summed E-state index contributed by atoms with van der Waals surface area (Å²) >= 11 is 0. The van der Waals surface area contributed by atoms with E-state index in [4.69, 9.17) is 39.1 Å². The fourth-order valence-electron chi connectivity index (χ4n) is 14.5. The minimum atomic E-state index is -0.661. The Hall–Kier alpha value is -6.82. The number of halogens is 4. The first-order chi connectivity index (χ1) is 38.8. The van der Waals surface area contributed by atoms with Crippen molar-refractivity contribution in [2.24, 2.45) is 0 Å². The molecule has 4 aromatic carbocycles. The number of fused-ring (bicyclic) bond motifs is 6. The maximum atomic E-state index is 17.6. The van der Waals surface area contributed by atoms with Crippen LogP contribution in [0.15, 0.2) is 79.1 Å². The summed E-state index contributed by atoms with van der Waals surface area (Å²) in [5, 5.41) is 2.85. The average molecular weight is 1070 g/mol. The summed E-state index contributed by atoms with van der Waals surface area (Å²) in [6, 6.07) is 19.1. The highest BCUT2D eigenvalue weighted by atomic mass is 19.1. The Labute approximate surface area is 456 Å². The standard InChI is InChI=1S/C62H64F4N10O3/c63-46-18-7-14-39-13-6-16-42(49(39)46)53-51(65)55-44(35-67-53)57(73-26-4-2-1-3-5-27-73)71-60(70-55)79-38-62-24-11-31-76(62)48(21-25-62)40-19-20-47(64)50-41(40)15-8-17-43(50)54-52(66)56-45(36-68-54)58(74-28-12-33-77-34-32-74)72-59(69-56)78-37-61-22-9-29-75(61)30-10-23-61/h6-8,13-20,35-36,48H,1-5,9-12,21-34,37-38H2. The number of benzene rings is 4. The van der Waals surface area contributed by atoms with Crippen molar-refractivity contribution in [2.45, 2.75) is 107 Å². The fraction of sp³-hybridized carbons (Fsp3) is 0.452. The topological polar surface area (TPSA) is 118 Å². The van der Waals surface area contributed by atoms with Crippen LogP contribution in [-0.2, 0) is 4.74 Å². The third-order valence-electron chi connectivity index (χ3n) is 18.4. The normalized spacial score (nSPS) is 21.9. The van der Waals surface area contributed by atoms with Gasteiger partial charge in [-0.1, -0.05) is 73.9 Å². The first-order valence-electron chi connectivity index (χ1n) is 28.7. The van der Waals surface area contributed by atoms with Crippen molar-refractivity contribution in [1.82, 2.24) is 39.7 Å². The fourth-order valence-corrected chi connectivity index (χ4v) is 14.5. The predicted molar refractivity (Wildman–Crippen MR) is 298 cm³/mol. The minimum absolute atomic E-state index is 0.00440. The molecule has 0 saturated carbocycles. The Morgan fingerprint density at radius 1 is 0.519 bits per heavy atom. The number of anilines is 2. The van der Waals surface area contributed by atoms with E-state index in [1.165, 1.54) is 18.6 Å². The van der Waals surface area contributed by atoms with Crippen LogP contribution in [0.2, 0.25) is 0 Å². The van der Waals surface area contributed by atoms with Crippen LogP contribution in [0.3, 0.4) is 0 Å². The van der Waals surface area contributed by atoms with Crippen molar-refractivity contribution < 1.29 is 31.8 Å². The molecule has 0 amide bonds. The Morgan fingerprint density at radius 3 is 1.81 bits per heavy atom. The first-order valence-corrected chi connectivity index (χ1v) is 28.7. The molecule has 0 radical (unpaired) electrons. The van der Waals surface area contributed by atoms with Gasteiger partial charge in [-0.3, -0.25) is 19.8 Å². The van der Waals surface area contributed by atoms with Gasteiger partial charge in [0, 0.05) is 73.1 Å². The second-order valence-electron chi connectivity index (χ2n) is 22.8. The van der Waals surface area contributed by atoms with Gasteiger partial charge in [0.2, 0.25) is 0 Å². The largest absolute Gasteiger partial charge is 0.461 e. The van der Waals surface area contributed by atoms with Crippen molar-refractivity contribution in [1.29, 1.82) is 0 Å². The van der Waals surface area contributed by atoms with Gasteiger partial charge in [0.15, 0.2) is 11.6 Å². The van der Waals surface area contributed by atoms with Crippen LogP contribution in [-0.4, -0.2) is 123 Å². The van der Waals surface area contributed by atoms with Gasteiger partial charge in [-0.05, 0) is 119 Å². The summed E-state index contributed by atoms with van der Waals surface area (Å²) in [6.45, 7) is 7.43. The molecule has 0 bridgehead atoms. The number of pyridine rings is 2. The van der Waals surface area contributed by atoms with E-state index in [9.17, 15) is 0 Å². The van der Waals surface area contributed by atoms with E-state index in [1.807, 2.05) is 18.2 Å². The molecule has 6 aliphatic heterocycles. The van der Waals surface area contributed by atoms with Crippen LogP contribution < -0.4 is 19.3 Å². The van der Waals surface area contributed by atoms with Gasteiger partial charge in [-0.15, -0.1) is 0 Å². The Kier molecular flexibility index (Phi) is 13.2. The van der Waals surface area contributed by atoms with Crippen LogP contribution in [0.1, 0.15) is 101 Å². The van der Waals surface area contributed by atoms with E-state index in [0.29, 0.717) is 88.0 Å². The summed E-state index contributed by atoms with van der Waals surface area (Å²) in [6.07, 6.45) is 17.0. The summed E-state index contributed by atoms with van der Waals surface area (Å²) in [7, 11) is 0. The highest BCUT2D eigenvalue weighted by Gasteiger charge is 2.51. The third kappa shape index (κ3) is 8.85. The van der Waals surface area contributed by atoms with Crippen molar-refractivity contribution in [2.75, 3.05) is 82.0 Å². The zero-order chi connectivity index (χ0) is 53.2. The molecule has 13 nitrogen and oxygen atoms in total. The molecular weight excluding hydrogens is 1010 g/mol. The van der Waals surface area contributed by atoms with E-state index < -0.39 is 28.8 Å². The van der Waals surface area contributed by atoms with Crippen LogP contribution in [0.4, 0.5) is 29.2 Å². The number of nitrogens with zero attached hydrogens (tertiary/aromatic N) is 10. The van der Waals surface area contributed by atoms with E-state index in [0.717, 1.165) is 122 Å². The number of hydrogen-bond acceptors (Lipinski definition) is 13. The lowest BCUT2D eigenvalue weighted by Gasteiger charge is -2.35.